The van der Waals surface area contributed by atoms with Gasteiger partial charge in [0.25, 0.3) is 5.91 Å². The summed E-state index contributed by atoms with van der Waals surface area (Å²) in [5, 5.41) is 9.22. The first kappa shape index (κ1) is 22.1. The summed E-state index contributed by atoms with van der Waals surface area (Å²) >= 11 is 0. The Morgan fingerprint density at radius 2 is 1.91 bits per heavy atom. The summed E-state index contributed by atoms with van der Waals surface area (Å²) in [6.07, 6.45) is 3.44. The van der Waals surface area contributed by atoms with Gasteiger partial charge in [0.15, 0.2) is 0 Å². The average molecular weight is 446 g/mol. The molecule has 170 valence electrons. The Morgan fingerprint density at radius 3 is 2.64 bits per heavy atom. The summed E-state index contributed by atoms with van der Waals surface area (Å²) in [7, 11) is 0. The molecule has 3 aromatic rings. The number of primary amides is 1. The fourth-order valence-corrected chi connectivity index (χ4v) is 3.77. The monoisotopic (exact) mass is 445 g/mol. The molecular formula is C24H27N7O2. The van der Waals surface area contributed by atoms with Crippen LogP contribution >= 0.6 is 0 Å². The van der Waals surface area contributed by atoms with Crippen LogP contribution in [0.2, 0.25) is 0 Å². The number of urea groups is 1. The number of nitrogens with zero attached hydrogens (tertiary/aromatic N) is 3. The van der Waals surface area contributed by atoms with Crippen LogP contribution in [-0.4, -0.2) is 39.4 Å². The van der Waals surface area contributed by atoms with Gasteiger partial charge in [-0.1, -0.05) is 36.4 Å². The highest BCUT2D eigenvalue weighted by molar-refractivity contribution is 5.97. The number of rotatable bonds is 7. The third kappa shape index (κ3) is 5.57. The number of anilines is 4. The second-order valence-electron chi connectivity index (χ2n) is 7.98. The van der Waals surface area contributed by atoms with Crippen molar-refractivity contribution in [1.82, 2.24) is 14.9 Å². The number of hydrogen-bond acceptors (Lipinski definition) is 6. The van der Waals surface area contributed by atoms with Gasteiger partial charge in [-0.15, -0.1) is 0 Å². The van der Waals surface area contributed by atoms with Crippen molar-refractivity contribution in [3.05, 3.63) is 71.9 Å². The second kappa shape index (κ2) is 9.99. The van der Waals surface area contributed by atoms with Crippen LogP contribution in [0, 0.1) is 0 Å². The Hall–Kier alpha value is -4.14. The van der Waals surface area contributed by atoms with Crippen molar-refractivity contribution in [3.8, 4) is 0 Å². The summed E-state index contributed by atoms with van der Waals surface area (Å²) in [6.45, 7) is 3.30. The highest BCUT2D eigenvalue weighted by Gasteiger charge is 2.25. The first-order valence-corrected chi connectivity index (χ1v) is 10.9. The molecule has 1 aromatic heterocycles. The van der Waals surface area contributed by atoms with E-state index in [0.717, 1.165) is 24.9 Å². The van der Waals surface area contributed by atoms with Crippen molar-refractivity contribution < 1.29 is 9.59 Å². The van der Waals surface area contributed by atoms with Gasteiger partial charge in [-0.3, -0.25) is 4.79 Å². The van der Waals surface area contributed by atoms with Crippen LogP contribution < -0.4 is 21.7 Å². The van der Waals surface area contributed by atoms with Crippen LogP contribution in [0.5, 0.6) is 0 Å². The van der Waals surface area contributed by atoms with Crippen LogP contribution in [-0.2, 0) is 6.54 Å². The standard InChI is InChI=1S/C24H27N7O2/c1-16-7-6-12-31(16)24(33)29-19-11-5-10-18(13-19)28-23-27-15-20(21(25)32)22(30-23)26-14-17-8-3-2-4-9-17/h2-5,8-11,13,15-16H,6-7,12,14H2,1H3,(H2,25,32)(H,29,33)(H2,26,27,28,30). The molecule has 3 amide bonds. The number of aromatic nitrogens is 2. The number of likely N-dealkylation sites (tertiary alicyclic amines) is 1. The first-order chi connectivity index (χ1) is 16.0. The second-order valence-corrected chi connectivity index (χ2v) is 7.98. The van der Waals surface area contributed by atoms with E-state index in [1.165, 1.54) is 6.20 Å². The molecule has 1 fully saturated rings. The predicted octanol–water partition coefficient (Wildman–Crippen LogP) is 3.95. The summed E-state index contributed by atoms with van der Waals surface area (Å²) in [6, 6.07) is 17.2. The van der Waals surface area contributed by atoms with Gasteiger partial charge in [0.05, 0.1) is 5.56 Å². The van der Waals surface area contributed by atoms with Gasteiger partial charge in [-0.2, -0.15) is 4.98 Å². The lowest BCUT2D eigenvalue weighted by atomic mass is 10.2. The Balaban J connectivity index is 1.47. The van der Waals surface area contributed by atoms with Gasteiger partial charge in [0.2, 0.25) is 5.95 Å². The van der Waals surface area contributed by atoms with Crippen molar-refractivity contribution in [2.75, 3.05) is 22.5 Å². The number of amides is 3. The normalized spacial score (nSPS) is 15.2. The molecule has 1 atom stereocenters. The van der Waals surface area contributed by atoms with E-state index in [9.17, 15) is 9.59 Å². The van der Waals surface area contributed by atoms with E-state index in [1.807, 2.05) is 53.4 Å². The number of carbonyl (C=O) groups is 2. The topological polar surface area (TPSA) is 125 Å². The van der Waals surface area contributed by atoms with E-state index >= 15 is 0 Å². The van der Waals surface area contributed by atoms with Gasteiger partial charge in [-0.25, -0.2) is 9.78 Å². The SMILES string of the molecule is CC1CCCN1C(=O)Nc1cccc(Nc2ncc(C(N)=O)c(NCc3ccccc3)n2)c1. The molecule has 5 N–H and O–H groups in total. The minimum Gasteiger partial charge on any atom is -0.365 e. The lowest BCUT2D eigenvalue weighted by Gasteiger charge is -2.22. The molecule has 1 saturated heterocycles. The third-order valence-electron chi connectivity index (χ3n) is 5.54. The van der Waals surface area contributed by atoms with Gasteiger partial charge >= 0.3 is 6.03 Å². The molecule has 4 rings (SSSR count). The van der Waals surface area contributed by atoms with Gasteiger partial charge < -0.3 is 26.6 Å². The minimum absolute atomic E-state index is 0.105. The van der Waals surface area contributed by atoms with Crippen LogP contribution in [0.3, 0.4) is 0 Å². The molecule has 2 heterocycles. The van der Waals surface area contributed by atoms with Crippen molar-refractivity contribution in [2.45, 2.75) is 32.4 Å². The van der Waals surface area contributed by atoms with Crippen LogP contribution in [0.25, 0.3) is 0 Å². The van der Waals surface area contributed by atoms with Crippen LogP contribution in [0.15, 0.2) is 60.8 Å². The van der Waals surface area contributed by atoms with E-state index in [2.05, 4.69) is 32.8 Å². The maximum atomic E-state index is 12.5. The Labute approximate surface area is 192 Å². The van der Waals surface area contributed by atoms with E-state index < -0.39 is 5.91 Å². The maximum absolute atomic E-state index is 12.5. The highest BCUT2D eigenvalue weighted by atomic mass is 16.2. The fourth-order valence-electron chi connectivity index (χ4n) is 3.77. The van der Waals surface area contributed by atoms with E-state index in [-0.39, 0.29) is 17.6 Å². The Kier molecular flexibility index (Phi) is 6.68. The summed E-state index contributed by atoms with van der Waals surface area (Å²) in [5.41, 5.74) is 8.10. The van der Waals surface area contributed by atoms with Gasteiger partial charge in [-0.05, 0) is 43.5 Å². The van der Waals surface area contributed by atoms with E-state index in [0.29, 0.717) is 29.7 Å². The van der Waals surface area contributed by atoms with Crippen molar-refractivity contribution in [3.63, 3.8) is 0 Å². The first-order valence-electron chi connectivity index (χ1n) is 10.9. The number of nitrogens with two attached hydrogens (primary N) is 1. The highest BCUT2D eigenvalue weighted by Crippen LogP contribution is 2.22. The zero-order chi connectivity index (χ0) is 23.2. The molecule has 9 nitrogen and oxygen atoms in total. The quantitative estimate of drug-likeness (QED) is 0.436. The third-order valence-corrected chi connectivity index (χ3v) is 5.54. The van der Waals surface area contributed by atoms with Crippen LogP contribution in [0.1, 0.15) is 35.7 Å². The molecule has 9 heteroatoms. The molecule has 0 saturated carbocycles. The molecule has 0 radical (unpaired) electrons. The summed E-state index contributed by atoms with van der Waals surface area (Å²) in [4.78, 5) is 34.9. The van der Waals surface area contributed by atoms with E-state index in [1.54, 1.807) is 6.07 Å². The Bertz CT molecular complexity index is 1140. The number of hydrogen-bond donors (Lipinski definition) is 4. The molecule has 0 spiro atoms. The Morgan fingerprint density at radius 1 is 1.12 bits per heavy atom. The average Bonchev–Trinajstić information content (AvgIpc) is 3.24. The molecule has 0 bridgehead atoms. The molecule has 33 heavy (non-hydrogen) atoms. The fraction of sp³-hybridized carbons (Fsp3) is 0.250. The smallest absolute Gasteiger partial charge is 0.322 e. The number of benzene rings is 2. The van der Waals surface area contributed by atoms with Gasteiger partial charge in [0, 0.05) is 36.7 Å². The molecule has 1 unspecified atom stereocenters. The van der Waals surface area contributed by atoms with Crippen LogP contribution in [0.4, 0.5) is 27.9 Å². The van der Waals surface area contributed by atoms with Crippen molar-refractivity contribution >= 4 is 35.1 Å². The van der Waals surface area contributed by atoms with Gasteiger partial charge in [0.1, 0.15) is 5.82 Å². The van der Waals surface area contributed by atoms with Crippen molar-refractivity contribution in [1.29, 1.82) is 0 Å². The number of nitrogens with one attached hydrogen (secondary N) is 3. The summed E-state index contributed by atoms with van der Waals surface area (Å²) < 4.78 is 0. The molecule has 1 aliphatic heterocycles. The molecular weight excluding hydrogens is 418 g/mol. The lowest BCUT2D eigenvalue weighted by Crippen LogP contribution is -2.37. The minimum atomic E-state index is -0.613. The lowest BCUT2D eigenvalue weighted by molar-refractivity contribution is 0.100. The number of carbonyl (C=O) groups excluding carboxylic acids is 2. The zero-order valence-electron chi connectivity index (χ0n) is 18.4. The van der Waals surface area contributed by atoms with E-state index in [4.69, 9.17) is 5.73 Å². The predicted molar refractivity (Wildman–Crippen MR) is 128 cm³/mol. The molecule has 2 aromatic carbocycles. The zero-order valence-corrected chi connectivity index (χ0v) is 18.4. The summed E-state index contributed by atoms with van der Waals surface area (Å²) in [5.74, 6) is 0.0292. The maximum Gasteiger partial charge on any atom is 0.322 e. The van der Waals surface area contributed by atoms with Crippen molar-refractivity contribution in [2.24, 2.45) is 5.73 Å². The molecule has 0 aliphatic carbocycles. The largest absolute Gasteiger partial charge is 0.365 e. The molecule has 1 aliphatic rings.